The van der Waals surface area contributed by atoms with Crippen molar-refractivity contribution in [3.05, 3.63) is 41.9 Å². The molecule has 0 aliphatic carbocycles. The molecular weight excluding hydrogens is 316 g/mol. The highest BCUT2D eigenvalue weighted by Crippen LogP contribution is 2.21. The fraction of sp³-hybridized carbons (Fsp3) is 0.375. The van der Waals surface area contributed by atoms with Crippen molar-refractivity contribution in [2.75, 3.05) is 11.4 Å². The van der Waals surface area contributed by atoms with Crippen LogP contribution in [0.2, 0.25) is 5.02 Å². The second kappa shape index (κ2) is 6.91. The van der Waals surface area contributed by atoms with Crippen molar-refractivity contribution >= 4 is 29.0 Å². The summed E-state index contributed by atoms with van der Waals surface area (Å²) in [7, 11) is 0. The van der Waals surface area contributed by atoms with Gasteiger partial charge in [-0.3, -0.25) is 9.59 Å². The number of anilines is 1. The Morgan fingerprint density at radius 1 is 1.22 bits per heavy atom. The molecule has 6 nitrogen and oxygen atoms in total. The van der Waals surface area contributed by atoms with Crippen molar-refractivity contribution in [3.8, 4) is 0 Å². The van der Waals surface area contributed by atoms with Crippen molar-refractivity contribution < 1.29 is 9.59 Å². The van der Waals surface area contributed by atoms with Crippen LogP contribution >= 0.6 is 11.6 Å². The highest BCUT2D eigenvalue weighted by Gasteiger charge is 2.27. The molecular formula is C16H19ClN4O2. The fourth-order valence-corrected chi connectivity index (χ4v) is 1.99. The molecule has 0 saturated heterocycles. The monoisotopic (exact) mass is 334 g/mol. The van der Waals surface area contributed by atoms with Crippen molar-refractivity contribution in [1.29, 1.82) is 0 Å². The van der Waals surface area contributed by atoms with Crippen LogP contribution in [-0.4, -0.2) is 33.0 Å². The summed E-state index contributed by atoms with van der Waals surface area (Å²) in [6.07, 6.45) is 2.82. The number of halogens is 1. The molecule has 0 aliphatic rings. The van der Waals surface area contributed by atoms with Gasteiger partial charge in [0.25, 0.3) is 0 Å². The van der Waals surface area contributed by atoms with E-state index in [1.807, 2.05) is 20.8 Å². The van der Waals surface area contributed by atoms with Gasteiger partial charge in [0.05, 0.1) is 6.54 Å². The Hall–Kier alpha value is -2.21. The van der Waals surface area contributed by atoms with E-state index in [2.05, 4.69) is 10.1 Å². The Kier molecular flexibility index (Phi) is 5.15. The van der Waals surface area contributed by atoms with Crippen molar-refractivity contribution in [2.24, 2.45) is 5.41 Å². The molecule has 0 spiro atoms. The van der Waals surface area contributed by atoms with Crippen LogP contribution in [0.4, 0.5) is 5.69 Å². The summed E-state index contributed by atoms with van der Waals surface area (Å²) in [6, 6.07) is 6.82. The quantitative estimate of drug-likeness (QED) is 0.842. The summed E-state index contributed by atoms with van der Waals surface area (Å²) in [4.78, 5) is 30.2. The molecule has 0 bridgehead atoms. The van der Waals surface area contributed by atoms with Crippen LogP contribution in [0.5, 0.6) is 0 Å². The van der Waals surface area contributed by atoms with Gasteiger partial charge in [-0.1, -0.05) is 32.4 Å². The Morgan fingerprint density at radius 2 is 1.87 bits per heavy atom. The molecule has 7 heteroatoms. The SMILES string of the molecule is CC(C)(C)C(=O)CN(C(=O)Cn1cncn1)c1ccc(Cl)cc1. The maximum Gasteiger partial charge on any atom is 0.249 e. The molecule has 0 fully saturated rings. The predicted octanol–water partition coefficient (Wildman–Crippen LogP) is 2.58. The third-order valence-corrected chi connectivity index (χ3v) is 3.59. The number of hydrogen-bond acceptors (Lipinski definition) is 4. The van der Waals surface area contributed by atoms with E-state index in [9.17, 15) is 9.59 Å². The molecule has 23 heavy (non-hydrogen) atoms. The normalized spacial score (nSPS) is 11.3. The van der Waals surface area contributed by atoms with Gasteiger partial charge in [0.15, 0.2) is 5.78 Å². The largest absolute Gasteiger partial charge is 0.303 e. The van der Waals surface area contributed by atoms with E-state index < -0.39 is 5.41 Å². The summed E-state index contributed by atoms with van der Waals surface area (Å²) in [5, 5.41) is 4.50. The van der Waals surface area contributed by atoms with Crippen molar-refractivity contribution in [1.82, 2.24) is 14.8 Å². The summed E-state index contributed by atoms with van der Waals surface area (Å²) < 4.78 is 1.42. The molecule has 0 unspecified atom stereocenters. The number of ketones is 1. The summed E-state index contributed by atoms with van der Waals surface area (Å²) in [6.45, 7) is 5.50. The minimum Gasteiger partial charge on any atom is -0.303 e. The summed E-state index contributed by atoms with van der Waals surface area (Å²) >= 11 is 5.90. The Bertz CT molecular complexity index is 675. The topological polar surface area (TPSA) is 68.1 Å². The molecule has 0 aliphatic heterocycles. The molecule has 0 atom stereocenters. The minimum atomic E-state index is -0.530. The molecule has 122 valence electrons. The molecule has 1 aromatic heterocycles. The highest BCUT2D eigenvalue weighted by molar-refractivity contribution is 6.30. The third kappa shape index (κ3) is 4.63. The standard InChI is InChI=1S/C16H19ClN4O2/c1-16(2,3)14(22)8-21(13-6-4-12(17)5-7-13)15(23)9-20-11-18-10-19-20/h4-7,10-11H,8-9H2,1-3H3. The molecule has 1 amide bonds. The highest BCUT2D eigenvalue weighted by atomic mass is 35.5. The Labute approximate surface area is 140 Å². The van der Waals surface area contributed by atoms with E-state index in [0.717, 1.165) is 0 Å². The number of aromatic nitrogens is 3. The minimum absolute atomic E-state index is 0.00133. The van der Waals surface area contributed by atoms with Gasteiger partial charge in [-0.25, -0.2) is 9.67 Å². The number of carbonyl (C=O) groups is 2. The average Bonchev–Trinajstić information content (AvgIpc) is 2.97. The summed E-state index contributed by atoms with van der Waals surface area (Å²) in [5.74, 6) is -0.269. The predicted molar refractivity (Wildman–Crippen MR) is 88.3 cm³/mol. The van der Waals surface area contributed by atoms with Gasteiger partial charge in [0.2, 0.25) is 5.91 Å². The van der Waals surface area contributed by atoms with Crippen LogP contribution in [0.15, 0.2) is 36.9 Å². The second-order valence-electron chi connectivity index (χ2n) is 6.22. The van der Waals surface area contributed by atoms with E-state index in [1.54, 1.807) is 24.3 Å². The molecule has 2 aromatic rings. The van der Waals surface area contributed by atoms with Crippen molar-refractivity contribution in [3.63, 3.8) is 0 Å². The number of carbonyl (C=O) groups excluding carboxylic acids is 2. The van der Waals surface area contributed by atoms with Gasteiger partial charge in [-0.05, 0) is 24.3 Å². The number of rotatable bonds is 5. The van der Waals surface area contributed by atoms with Crippen molar-refractivity contribution in [2.45, 2.75) is 27.3 Å². The molecule has 1 aromatic carbocycles. The van der Waals surface area contributed by atoms with Crippen LogP contribution in [0, 0.1) is 5.41 Å². The van der Waals surface area contributed by atoms with Crippen LogP contribution in [0.1, 0.15) is 20.8 Å². The smallest absolute Gasteiger partial charge is 0.249 e. The van der Waals surface area contributed by atoms with Gasteiger partial charge >= 0.3 is 0 Å². The van der Waals surface area contributed by atoms with E-state index in [1.165, 1.54) is 22.2 Å². The Balaban J connectivity index is 2.25. The number of nitrogens with zero attached hydrogens (tertiary/aromatic N) is 4. The molecule has 0 radical (unpaired) electrons. The first kappa shape index (κ1) is 17.1. The van der Waals surface area contributed by atoms with Crippen LogP contribution in [0.3, 0.4) is 0 Å². The zero-order valence-corrected chi connectivity index (χ0v) is 14.1. The maximum atomic E-state index is 12.6. The lowest BCUT2D eigenvalue weighted by atomic mass is 9.90. The van der Waals surface area contributed by atoms with E-state index in [-0.39, 0.29) is 24.8 Å². The molecule has 1 heterocycles. The van der Waals surface area contributed by atoms with Gasteiger partial charge in [0.1, 0.15) is 19.2 Å². The second-order valence-corrected chi connectivity index (χ2v) is 6.66. The van der Waals surface area contributed by atoms with E-state index in [0.29, 0.717) is 10.7 Å². The van der Waals surface area contributed by atoms with Gasteiger partial charge in [0, 0.05) is 16.1 Å². The van der Waals surface area contributed by atoms with Crippen LogP contribution in [-0.2, 0) is 16.1 Å². The lowest BCUT2D eigenvalue weighted by Gasteiger charge is -2.26. The van der Waals surface area contributed by atoms with Gasteiger partial charge < -0.3 is 4.90 Å². The first-order valence-electron chi connectivity index (χ1n) is 7.19. The van der Waals surface area contributed by atoms with Gasteiger partial charge in [-0.15, -0.1) is 0 Å². The Morgan fingerprint density at radius 3 is 2.39 bits per heavy atom. The first-order chi connectivity index (χ1) is 10.8. The lowest BCUT2D eigenvalue weighted by Crippen LogP contribution is -2.41. The number of benzene rings is 1. The zero-order valence-electron chi connectivity index (χ0n) is 13.4. The fourth-order valence-electron chi connectivity index (χ4n) is 1.86. The van der Waals surface area contributed by atoms with Crippen LogP contribution in [0.25, 0.3) is 0 Å². The van der Waals surface area contributed by atoms with Gasteiger partial charge in [-0.2, -0.15) is 5.10 Å². The summed E-state index contributed by atoms with van der Waals surface area (Å²) in [5.41, 5.74) is 0.0928. The molecule has 2 rings (SSSR count). The number of Topliss-reactive ketones (excluding diaryl/α,β-unsaturated/α-hetero) is 1. The van der Waals surface area contributed by atoms with E-state index in [4.69, 9.17) is 11.6 Å². The average molecular weight is 335 g/mol. The molecule has 0 N–H and O–H groups in total. The third-order valence-electron chi connectivity index (χ3n) is 3.34. The molecule has 0 saturated carbocycles. The van der Waals surface area contributed by atoms with Crippen LogP contribution < -0.4 is 4.90 Å². The van der Waals surface area contributed by atoms with E-state index >= 15 is 0 Å². The number of hydrogen-bond donors (Lipinski definition) is 0. The first-order valence-corrected chi connectivity index (χ1v) is 7.57. The number of amides is 1. The maximum absolute atomic E-state index is 12.6. The lowest BCUT2D eigenvalue weighted by molar-refractivity contribution is -0.127. The zero-order chi connectivity index (χ0) is 17.0.